The Morgan fingerprint density at radius 2 is 1.96 bits per heavy atom. The van der Waals surface area contributed by atoms with Crippen LogP contribution in [0.3, 0.4) is 0 Å². The zero-order valence-electron chi connectivity index (χ0n) is 15.0. The van der Waals surface area contributed by atoms with Crippen LogP contribution in [0.15, 0.2) is 34.4 Å². The summed E-state index contributed by atoms with van der Waals surface area (Å²) in [6, 6.07) is 7.12. The number of thiophene rings is 1. The molecule has 144 valence electrons. The van der Waals surface area contributed by atoms with Gasteiger partial charge in [-0.15, -0.1) is 16.4 Å². The summed E-state index contributed by atoms with van der Waals surface area (Å²) in [5, 5.41) is 10.1. The molecule has 0 saturated carbocycles. The van der Waals surface area contributed by atoms with Crippen LogP contribution in [0, 0.1) is 0 Å². The topological polar surface area (TPSA) is 86.6 Å². The summed E-state index contributed by atoms with van der Waals surface area (Å²) in [6.45, 7) is 2.02. The normalized spacial score (nSPS) is 17.1. The van der Waals surface area contributed by atoms with Gasteiger partial charge in [0, 0.05) is 13.1 Å². The number of para-hydroxylation sites is 1. The number of nitrogens with zero attached hydrogens (tertiary/aromatic N) is 4. The van der Waals surface area contributed by atoms with Crippen LogP contribution in [-0.2, 0) is 0 Å². The molecule has 2 aromatic heterocycles. The van der Waals surface area contributed by atoms with Gasteiger partial charge in [0.15, 0.2) is 11.5 Å². The maximum Gasteiger partial charge on any atom is 0.287 e. The average molecular weight is 398 g/mol. The molecule has 0 aliphatic carbocycles. The quantitative estimate of drug-likeness (QED) is 0.657. The molecular weight excluding hydrogens is 380 g/mol. The van der Waals surface area contributed by atoms with E-state index >= 15 is 0 Å². The predicted octanol–water partition coefficient (Wildman–Crippen LogP) is 2.10. The predicted molar refractivity (Wildman–Crippen MR) is 103 cm³/mol. The molecule has 0 N–H and O–H groups in total. The number of benzene rings is 1. The van der Waals surface area contributed by atoms with Gasteiger partial charge in [-0.05, 0) is 36.4 Å². The SMILES string of the molecule is O=C(c1cccc2c1OCCO2)N1CCC(n2nnc3ccsc3c2=O)CC1. The van der Waals surface area contributed by atoms with Gasteiger partial charge in [0.25, 0.3) is 11.5 Å². The number of hydrogen-bond donors (Lipinski definition) is 0. The van der Waals surface area contributed by atoms with Crippen molar-refractivity contribution in [1.29, 1.82) is 0 Å². The fraction of sp³-hybridized carbons (Fsp3) is 0.368. The highest BCUT2D eigenvalue weighted by atomic mass is 32.1. The lowest BCUT2D eigenvalue weighted by atomic mass is 10.0. The monoisotopic (exact) mass is 398 g/mol. The van der Waals surface area contributed by atoms with E-state index in [9.17, 15) is 9.59 Å². The average Bonchev–Trinajstić information content (AvgIpc) is 3.23. The van der Waals surface area contributed by atoms with E-state index in [0.29, 0.717) is 66.4 Å². The van der Waals surface area contributed by atoms with Gasteiger partial charge in [-0.3, -0.25) is 9.59 Å². The highest BCUT2D eigenvalue weighted by molar-refractivity contribution is 7.17. The third-order valence-electron chi connectivity index (χ3n) is 5.19. The van der Waals surface area contributed by atoms with E-state index in [4.69, 9.17) is 9.47 Å². The van der Waals surface area contributed by atoms with Crippen molar-refractivity contribution in [2.75, 3.05) is 26.3 Å². The van der Waals surface area contributed by atoms with Crippen molar-refractivity contribution >= 4 is 27.5 Å². The van der Waals surface area contributed by atoms with Crippen LogP contribution < -0.4 is 15.0 Å². The van der Waals surface area contributed by atoms with Crippen LogP contribution in [0.25, 0.3) is 10.2 Å². The lowest BCUT2D eigenvalue weighted by molar-refractivity contribution is 0.0677. The van der Waals surface area contributed by atoms with E-state index in [1.807, 2.05) is 11.4 Å². The molecule has 3 aromatic rings. The first-order valence-corrected chi connectivity index (χ1v) is 10.1. The number of hydrogen-bond acceptors (Lipinski definition) is 7. The summed E-state index contributed by atoms with van der Waals surface area (Å²) in [4.78, 5) is 27.5. The molecule has 28 heavy (non-hydrogen) atoms. The molecular formula is C19H18N4O4S. The fourth-order valence-corrected chi connectivity index (χ4v) is 4.50. The number of aromatic nitrogens is 3. The molecule has 0 bridgehead atoms. The number of amides is 1. The van der Waals surface area contributed by atoms with Crippen molar-refractivity contribution in [1.82, 2.24) is 19.9 Å². The molecule has 2 aliphatic heterocycles. The number of ether oxygens (including phenoxy) is 2. The van der Waals surface area contributed by atoms with Crippen LogP contribution in [0.4, 0.5) is 0 Å². The summed E-state index contributed by atoms with van der Waals surface area (Å²) < 4.78 is 13.3. The maximum absolute atomic E-state index is 13.0. The van der Waals surface area contributed by atoms with E-state index in [1.165, 1.54) is 16.0 Å². The number of rotatable bonds is 2. The second-order valence-corrected chi connectivity index (χ2v) is 7.74. The molecule has 5 rings (SSSR count). The molecule has 8 nitrogen and oxygen atoms in total. The summed E-state index contributed by atoms with van der Waals surface area (Å²) in [6.07, 6.45) is 1.31. The molecule has 0 atom stereocenters. The molecule has 2 aliphatic rings. The first-order valence-electron chi connectivity index (χ1n) is 9.23. The highest BCUT2D eigenvalue weighted by Crippen LogP contribution is 2.35. The zero-order valence-corrected chi connectivity index (χ0v) is 15.9. The van der Waals surface area contributed by atoms with Crippen LogP contribution in [0.1, 0.15) is 29.2 Å². The van der Waals surface area contributed by atoms with Crippen molar-refractivity contribution in [2.24, 2.45) is 0 Å². The van der Waals surface area contributed by atoms with Gasteiger partial charge >= 0.3 is 0 Å². The Labute approximate surface area is 164 Å². The molecule has 0 unspecified atom stereocenters. The van der Waals surface area contributed by atoms with Crippen LogP contribution in [0.2, 0.25) is 0 Å². The van der Waals surface area contributed by atoms with Crippen molar-refractivity contribution in [3.8, 4) is 11.5 Å². The molecule has 1 fully saturated rings. The van der Waals surface area contributed by atoms with Gasteiger partial charge in [0.2, 0.25) is 0 Å². The molecule has 0 radical (unpaired) electrons. The second-order valence-electron chi connectivity index (χ2n) is 6.83. The van der Waals surface area contributed by atoms with Gasteiger partial charge in [0.1, 0.15) is 23.4 Å². The fourth-order valence-electron chi connectivity index (χ4n) is 3.75. The number of fused-ring (bicyclic) bond motifs is 2. The number of carbonyl (C=O) groups excluding carboxylic acids is 1. The molecule has 0 spiro atoms. The van der Waals surface area contributed by atoms with E-state index in [2.05, 4.69) is 10.3 Å². The number of piperidine rings is 1. The Bertz CT molecular complexity index is 1100. The standard InChI is InChI=1S/C19H18N4O4S/c24-18(13-2-1-3-15-16(13)27-10-9-26-15)22-7-4-12(5-8-22)23-19(25)17-14(20-21-23)6-11-28-17/h1-3,6,11-12H,4-5,7-10H2. The number of carbonyl (C=O) groups is 1. The van der Waals surface area contributed by atoms with E-state index in [-0.39, 0.29) is 17.5 Å². The van der Waals surface area contributed by atoms with E-state index in [0.717, 1.165) is 0 Å². The third kappa shape index (κ3) is 2.82. The molecule has 1 amide bonds. The first kappa shape index (κ1) is 17.2. The minimum atomic E-state index is -0.104. The molecule has 1 saturated heterocycles. The second kappa shape index (κ2) is 6.90. The van der Waals surface area contributed by atoms with Gasteiger partial charge in [0.05, 0.1) is 11.6 Å². The van der Waals surface area contributed by atoms with Crippen molar-refractivity contribution in [2.45, 2.75) is 18.9 Å². The Balaban J connectivity index is 1.34. The maximum atomic E-state index is 13.0. The Kier molecular flexibility index (Phi) is 4.23. The summed E-state index contributed by atoms with van der Waals surface area (Å²) in [7, 11) is 0. The molecule has 9 heteroatoms. The number of likely N-dealkylation sites (tertiary alicyclic amines) is 1. The zero-order chi connectivity index (χ0) is 19.1. The lowest BCUT2D eigenvalue weighted by Gasteiger charge is -2.32. The first-order chi connectivity index (χ1) is 13.7. The van der Waals surface area contributed by atoms with Gasteiger partial charge in [-0.2, -0.15) is 0 Å². The van der Waals surface area contributed by atoms with E-state index in [1.54, 1.807) is 23.1 Å². The van der Waals surface area contributed by atoms with Crippen LogP contribution in [0.5, 0.6) is 11.5 Å². The lowest BCUT2D eigenvalue weighted by Crippen LogP contribution is -2.41. The largest absolute Gasteiger partial charge is 0.486 e. The van der Waals surface area contributed by atoms with Crippen molar-refractivity contribution in [3.63, 3.8) is 0 Å². The van der Waals surface area contributed by atoms with Crippen molar-refractivity contribution in [3.05, 3.63) is 45.6 Å². The minimum absolute atomic E-state index is 0.0557. The Hall–Kier alpha value is -2.94. The Morgan fingerprint density at radius 3 is 2.82 bits per heavy atom. The summed E-state index contributed by atoms with van der Waals surface area (Å²) in [5.74, 6) is 1.05. The minimum Gasteiger partial charge on any atom is -0.486 e. The van der Waals surface area contributed by atoms with Crippen LogP contribution in [-0.4, -0.2) is 52.1 Å². The molecule has 4 heterocycles. The van der Waals surface area contributed by atoms with Gasteiger partial charge in [-0.25, -0.2) is 4.68 Å². The van der Waals surface area contributed by atoms with Crippen molar-refractivity contribution < 1.29 is 14.3 Å². The highest BCUT2D eigenvalue weighted by Gasteiger charge is 2.29. The van der Waals surface area contributed by atoms with Gasteiger partial charge < -0.3 is 14.4 Å². The van der Waals surface area contributed by atoms with Gasteiger partial charge in [-0.1, -0.05) is 11.3 Å². The smallest absolute Gasteiger partial charge is 0.287 e. The Morgan fingerprint density at radius 1 is 1.14 bits per heavy atom. The summed E-state index contributed by atoms with van der Waals surface area (Å²) >= 11 is 1.38. The van der Waals surface area contributed by atoms with Crippen LogP contribution >= 0.6 is 11.3 Å². The molecule has 1 aromatic carbocycles. The summed E-state index contributed by atoms with van der Waals surface area (Å²) in [5.41, 5.74) is 1.05. The van der Waals surface area contributed by atoms with E-state index < -0.39 is 0 Å². The third-order valence-corrected chi connectivity index (χ3v) is 6.08.